The standard InChI is InChI=1S/C65H62BN3/c1-40-25-32-47(43-26-29-45(30-27-43)64(4,5)6)61(35-40)69-57-24-16-23-56(42(57)3)68-60-22-15-12-19-50(60)51-39-52(53(36-41(51)2)65(7,8)9)44-28-33-54(62(68)37-44)66-55-34-31-46(38-63(55)69)67-58-20-13-10-17-48(58)49-18-11-14-21-59(49)67/h10-24,26-41,51,66H,25H2,1-9H3. The zero-order chi connectivity index (χ0) is 47.5. The molecule has 3 atom stereocenters. The maximum Gasteiger partial charge on any atom is 0.197 e. The van der Waals surface area contributed by atoms with Crippen molar-refractivity contribution in [2.45, 2.75) is 80.1 Å². The number of rotatable bonds is 3. The van der Waals surface area contributed by atoms with Gasteiger partial charge in [-0.2, -0.15) is 0 Å². The lowest BCUT2D eigenvalue weighted by atomic mass is 9.61. The molecule has 3 unspecified atom stereocenters. The summed E-state index contributed by atoms with van der Waals surface area (Å²) in [5.41, 5.74) is 24.1. The number of hydrogen-bond donors (Lipinski definition) is 0. The van der Waals surface area contributed by atoms with E-state index in [0.717, 1.165) is 19.4 Å². The molecule has 0 N–H and O–H groups in total. The highest BCUT2D eigenvalue weighted by molar-refractivity contribution is 6.70. The highest BCUT2D eigenvalue weighted by atomic mass is 15.2. The molecule has 0 amide bonds. The maximum absolute atomic E-state index is 2.64. The molecule has 69 heavy (non-hydrogen) atoms. The molecule has 2 aliphatic heterocycles. The van der Waals surface area contributed by atoms with Crippen molar-refractivity contribution in [1.82, 2.24) is 4.57 Å². The molecule has 0 spiro atoms. The zero-order valence-electron chi connectivity index (χ0n) is 41.7. The van der Waals surface area contributed by atoms with Crippen molar-refractivity contribution < 1.29 is 0 Å². The first-order valence-corrected chi connectivity index (χ1v) is 25.2. The van der Waals surface area contributed by atoms with Gasteiger partial charge in [-0.1, -0.05) is 194 Å². The van der Waals surface area contributed by atoms with Gasteiger partial charge in [0.25, 0.3) is 0 Å². The summed E-state index contributed by atoms with van der Waals surface area (Å²) in [7, 11) is 0.750. The molecule has 12 rings (SSSR count). The van der Waals surface area contributed by atoms with Crippen LogP contribution in [0.25, 0.3) is 38.6 Å². The Hall–Kier alpha value is -7.04. The smallest absolute Gasteiger partial charge is 0.197 e. The number of allylic oxidation sites excluding steroid dienone is 7. The molecule has 3 heterocycles. The molecule has 0 saturated heterocycles. The largest absolute Gasteiger partial charge is 0.310 e. The lowest BCUT2D eigenvalue weighted by Gasteiger charge is -2.38. The third-order valence-corrected chi connectivity index (χ3v) is 15.6. The van der Waals surface area contributed by atoms with Crippen LogP contribution >= 0.6 is 0 Å². The number of aromatic nitrogens is 1. The lowest BCUT2D eigenvalue weighted by Crippen LogP contribution is -2.37. The lowest BCUT2D eigenvalue weighted by molar-refractivity contribution is 0.501. The molecule has 2 aliphatic carbocycles. The molecule has 0 radical (unpaired) electrons. The minimum atomic E-state index is -0.00732. The molecule has 6 bridgehead atoms. The molecule has 8 aromatic rings. The Bertz CT molecular complexity index is 3470. The van der Waals surface area contributed by atoms with Gasteiger partial charge in [0.2, 0.25) is 0 Å². The molecule has 7 aromatic carbocycles. The molecular weight excluding hydrogens is 834 g/mol. The molecule has 340 valence electrons. The van der Waals surface area contributed by atoms with Crippen molar-refractivity contribution in [1.29, 1.82) is 0 Å². The summed E-state index contributed by atoms with van der Waals surface area (Å²) in [6, 6.07) is 58.1. The molecule has 0 saturated carbocycles. The van der Waals surface area contributed by atoms with E-state index in [-0.39, 0.29) is 16.7 Å². The topological polar surface area (TPSA) is 11.4 Å². The Labute approximate surface area is 410 Å². The van der Waals surface area contributed by atoms with E-state index in [1.54, 1.807) is 0 Å². The Morgan fingerprint density at radius 2 is 1.13 bits per heavy atom. The first-order valence-electron chi connectivity index (χ1n) is 25.2. The summed E-state index contributed by atoms with van der Waals surface area (Å²) < 4.78 is 2.48. The van der Waals surface area contributed by atoms with Gasteiger partial charge in [-0.05, 0) is 124 Å². The van der Waals surface area contributed by atoms with E-state index in [9.17, 15) is 0 Å². The Kier molecular flexibility index (Phi) is 10.0. The average Bonchev–Trinajstić information content (AvgIpc) is 3.68. The van der Waals surface area contributed by atoms with Gasteiger partial charge in [-0.3, -0.25) is 0 Å². The normalized spacial score (nSPS) is 18.7. The van der Waals surface area contributed by atoms with Crippen LogP contribution in [0.4, 0.5) is 28.4 Å². The molecule has 1 aromatic heterocycles. The van der Waals surface area contributed by atoms with Gasteiger partial charge in [-0.25, -0.2) is 0 Å². The monoisotopic (exact) mass is 896 g/mol. The van der Waals surface area contributed by atoms with Crippen LogP contribution in [0.2, 0.25) is 0 Å². The van der Waals surface area contributed by atoms with Crippen LogP contribution in [0.5, 0.6) is 0 Å². The van der Waals surface area contributed by atoms with E-state index in [4.69, 9.17) is 0 Å². The number of fused-ring (bicyclic) bond motifs is 13. The average molecular weight is 896 g/mol. The first-order chi connectivity index (χ1) is 33.2. The molecule has 3 nitrogen and oxygen atoms in total. The van der Waals surface area contributed by atoms with E-state index in [0.29, 0.717) is 11.8 Å². The molecular formula is C65H62BN3. The maximum atomic E-state index is 2.64. The van der Waals surface area contributed by atoms with Crippen LogP contribution < -0.4 is 20.7 Å². The van der Waals surface area contributed by atoms with Crippen LogP contribution in [0.15, 0.2) is 187 Å². The fourth-order valence-electron chi connectivity index (χ4n) is 12.0. The quantitative estimate of drug-likeness (QED) is 0.164. The number of hydrogen-bond acceptors (Lipinski definition) is 2. The Morgan fingerprint density at radius 3 is 1.83 bits per heavy atom. The minimum absolute atomic E-state index is 0.00732. The van der Waals surface area contributed by atoms with Gasteiger partial charge in [0.1, 0.15) is 0 Å². The summed E-state index contributed by atoms with van der Waals surface area (Å²) in [6.07, 6.45) is 11.2. The summed E-state index contributed by atoms with van der Waals surface area (Å²) >= 11 is 0. The summed E-state index contributed by atoms with van der Waals surface area (Å²) in [6.45, 7) is 21.2. The van der Waals surface area contributed by atoms with Crippen molar-refractivity contribution in [3.8, 4) is 5.69 Å². The van der Waals surface area contributed by atoms with E-state index in [1.807, 2.05) is 0 Å². The van der Waals surface area contributed by atoms with Crippen LogP contribution in [0.3, 0.4) is 0 Å². The fourth-order valence-corrected chi connectivity index (χ4v) is 12.0. The van der Waals surface area contributed by atoms with E-state index >= 15 is 0 Å². The number of anilines is 5. The van der Waals surface area contributed by atoms with Crippen LogP contribution in [0.1, 0.15) is 95.5 Å². The SMILES string of the molecule is Cc1c2cccc1N1c3cc(ccc3Bc3ccc(-n4c5ccccc5c5ccccc54)cc3N2C2=CC(C)CC=C2c2ccc(C(C)(C)C)cc2)C2=CC(c3ccccc31)C(C)C=C2C(C)(C)C. The van der Waals surface area contributed by atoms with Gasteiger partial charge in [0.15, 0.2) is 7.28 Å². The second-order valence-electron chi connectivity index (χ2n) is 22.4. The predicted octanol–water partition coefficient (Wildman–Crippen LogP) is 15.8. The second kappa shape index (κ2) is 16.0. The molecule has 4 aliphatic rings. The van der Waals surface area contributed by atoms with Crippen LogP contribution in [-0.4, -0.2) is 11.8 Å². The highest BCUT2D eigenvalue weighted by Crippen LogP contribution is 2.52. The fraction of sp³-hybridized carbons (Fsp3) is 0.231. The van der Waals surface area contributed by atoms with E-state index in [2.05, 4.69) is 253 Å². The van der Waals surface area contributed by atoms with Crippen LogP contribution in [0, 0.1) is 24.2 Å². The third-order valence-electron chi connectivity index (χ3n) is 15.6. The van der Waals surface area contributed by atoms with E-state index < -0.39 is 0 Å². The molecule has 4 heteroatoms. The minimum Gasteiger partial charge on any atom is -0.310 e. The van der Waals surface area contributed by atoms with E-state index in [1.165, 1.54) is 111 Å². The Balaban J connectivity index is 1.16. The van der Waals surface area contributed by atoms with Crippen LogP contribution in [-0.2, 0) is 5.41 Å². The van der Waals surface area contributed by atoms with Gasteiger partial charge in [0, 0.05) is 50.7 Å². The number of benzene rings is 7. The highest BCUT2D eigenvalue weighted by Gasteiger charge is 2.36. The van der Waals surface area contributed by atoms with Gasteiger partial charge < -0.3 is 14.4 Å². The Morgan fingerprint density at radius 1 is 0.522 bits per heavy atom. The summed E-state index contributed by atoms with van der Waals surface area (Å²) in [4.78, 5) is 5.27. The van der Waals surface area contributed by atoms with Gasteiger partial charge in [0.05, 0.1) is 22.4 Å². The number of nitrogens with zero attached hydrogens (tertiary/aromatic N) is 3. The summed E-state index contributed by atoms with van der Waals surface area (Å²) in [5.74, 6) is 0.912. The zero-order valence-corrected chi connectivity index (χ0v) is 41.7. The van der Waals surface area contributed by atoms with Crippen molar-refractivity contribution in [3.05, 3.63) is 215 Å². The third kappa shape index (κ3) is 7.09. The second-order valence-corrected chi connectivity index (χ2v) is 22.4. The van der Waals surface area contributed by atoms with Crippen molar-refractivity contribution >= 4 is 79.6 Å². The molecule has 0 fully saturated rings. The summed E-state index contributed by atoms with van der Waals surface area (Å²) in [5, 5.41) is 2.53. The van der Waals surface area contributed by atoms with Crippen molar-refractivity contribution in [2.75, 3.05) is 9.80 Å². The predicted molar refractivity (Wildman–Crippen MR) is 298 cm³/mol. The van der Waals surface area contributed by atoms with Gasteiger partial charge in [-0.15, -0.1) is 0 Å². The number of para-hydroxylation sites is 3. The van der Waals surface area contributed by atoms with Crippen molar-refractivity contribution in [2.24, 2.45) is 17.3 Å². The van der Waals surface area contributed by atoms with Crippen molar-refractivity contribution in [3.63, 3.8) is 0 Å². The van der Waals surface area contributed by atoms with Gasteiger partial charge >= 0.3 is 0 Å². The first kappa shape index (κ1) is 43.3.